The summed E-state index contributed by atoms with van der Waals surface area (Å²) in [6, 6.07) is 20.6. The molecule has 0 saturated heterocycles. The number of nitrogens with zero attached hydrogens (tertiary/aromatic N) is 4. The number of H-pyrrole nitrogens is 2. The fourth-order valence-corrected chi connectivity index (χ4v) is 5.93. The molecule has 0 unspecified atom stereocenters. The van der Waals surface area contributed by atoms with E-state index in [1.54, 1.807) is 22.2 Å². The Morgan fingerprint density at radius 2 is 1.04 bits per heavy atom. The second-order valence-corrected chi connectivity index (χ2v) is 12.1. The number of rotatable bonds is 15. The number of aromatic nitrogens is 4. The van der Waals surface area contributed by atoms with Gasteiger partial charge in [-0.25, -0.2) is 19.6 Å². The van der Waals surface area contributed by atoms with Crippen LogP contribution >= 0.6 is 0 Å². The monoisotopic (exact) mass is 768 g/mol. The zero-order valence-corrected chi connectivity index (χ0v) is 33.8. The van der Waals surface area contributed by atoms with Gasteiger partial charge < -0.3 is 39.9 Å². The van der Waals surface area contributed by atoms with Crippen LogP contribution in [0.4, 0.5) is 9.59 Å². The van der Waals surface area contributed by atoms with Crippen LogP contribution in [0.5, 0.6) is 0 Å². The van der Waals surface area contributed by atoms with E-state index in [9.17, 15) is 19.2 Å². The van der Waals surface area contributed by atoms with Gasteiger partial charge in [-0.05, 0) is 40.3 Å². The minimum Gasteiger partial charge on any atom is -0.453 e. The molecule has 0 fully saturated rings. The van der Waals surface area contributed by atoms with Gasteiger partial charge in [0.1, 0.15) is 24.7 Å². The number of carbonyl (C=O) groups is 4. The highest BCUT2D eigenvalue weighted by molar-refractivity contribution is 6.04. The number of imidazole rings is 2. The molecule has 0 aliphatic rings. The summed E-state index contributed by atoms with van der Waals surface area (Å²) in [5, 5.41) is 7.01. The van der Waals surface area contributed by atoms with E-state index in [4.69, 9.17) is 0 Å². The molecule has 0 radical (unpaired) electrons. The number of ether oxygens (including phenoxy) is 2. The van der Waals surface area contributed by atoms with E-state index >= 15 is 0 Å². The fraction of sp³-hybridized carbons (Fsp3) is 0.381. The molecule has 0 aliphatic carbocycles. The first kappa shape index (κ1) is 44.2. The summed E-state index contributed by atoms with van der Waals surface area (Å²) in [5.41, 5.74) is 5.71. The zero-order valence-electron chi connectivity index (χ0n) is 33.8. The Morgan fingerprint density at radius 3 is 1.52 bits per heavy atom. The summed E-state index contributed by atoms with van der Waals surface area (Å²) in [5.74, 6) is 0.831. The summed E-state index contributed by atoms with van der Waals surface area (Å²) in [4.78, 5) is 67.5. The van der Waals surface area contributed by atoms with Gasteiger partial charge in [0.25, 0.3) is 0 Å². The van der Waals surface area contributed by atoms with Gasteiger partial charge in [-0.3, -0.25) is 9.59 Å². The number of nitrogens with one attached hydrogen (secondary N) is 4. The summed E-state index contributed by atoms with van der Waals surface area (Å²) in [6.45, 7) is 13.3. The second-order valence-electron chi connectivity index (χ2n) is 12.1. The minimum absolute atomic E-state index is 0.154. The first-order valence-electron chi connectivity index (χ1n) is 19.1. The number of alkyl carbamates (subject to hydrolysis) is 2. The number of hydrogen-bond acceptors (Lipinski definition) is 8. The molecule has 5 aromatic rings. The van der Waals surface area contributed by atoms with Gasteiger partial charge in [-0.2, -0.15) is 0 Å². The lowest BCUT2D eigenvalue weighted by Crippen LogP contribution is -2.40. The Labute approximate surface area is 329 Å². The van der Waals surface area contributed by atoms with Crippen LogP contribution in [0.1, 0.15) is 66.0 Å². The average Bonchev–Trinajstić information content (AvgIpc) is 3.92. The van der Waals surface area contributed by atoms with Crippen LogP contribution in [0.25, 0.3) is 44.4 Å². The van der Waals surface area contributed by atoms with E-state index in [0.717, 1.165) is 57.3 Å². The van der Waals surface area contributed by atoms with Crippen LogP contribution in [0, 0.1) is 0 Å². The Bertz CT molecular complexity index is 2010. The van der Waals surface area contributed by atoms with E-state index < -0.39 is 12.2 Å². The third-order valence-electron chi connectivity index (χ3n) is 8.49. The van der Waals surface area contributed by atoms with Crippen molar-refractivity contribution in [3.8, 4) is 33.6 Å². The van der Waals surface area contributed by atoms with E-state index in [1.165, 1.54) is 14.2 Å². The Balaban J connectivity index is 0.00000204. The maximum absolute atomic E-state index is 12.8. The maximum atomic E-state index is 12.8. The van der Waals surface area contributed by atoms with Gasteiger partial charge in [0, 0.05) is 18.7 Å². The van der Waals surface area contributed by atoms with Gasteiger partial charge in [0.2, 0.25) is 11.8 Å². The van der Waals surface area contributed by atoms with E-state index in [2.05, 4.69) is 76.4 Å². The van der Waals surface area contributed by atoms with Crippen molar-refractivity contribution in [3.63, 3.8) is 0 Å². The highest BCUT2D eigenvalue weighted by Crippen LogP contribution is 2.36. The first-order chi connectivity index (χ1) is 27.2. The predicted molar refractivity (Wildman–Crippen MR) is 219 cm³/mol. The summed E-state index contributed by atoms with van der Waals surface area (Å²) in [6.07, 6.45) is 3.74. The van der Waals surface area contributed by atoms with E-state index in [-0.39, 0.29) is 38.0 Å². The van der Waals surface area contributed by atoms with Crippen LogP contribution in [-0.2, 0) is 32.2 Å². The molecule has 56 heavy (non-hydrogen) atoms. The van der Waals surface area contributed by atoms with Gasteiger partial charge in [0.15, 0.2) is 0 Å². The molecule has 0 saturated carbocycles. The SMILES string of the molecule is CC.CC.CCCN(Cc1ncc(-c2ccc(-c3ccc(-c4cnc(CN(CCC)C(=O)CNC(=O)OC)[nH]4)c4ccccc34)cc2)[nH]1)C(=O)CNC(=O)OC. The molecule has 14 heteroatoms. The highest BCUT2D eigenvalue weighted by atomic mass is 16.5. The van der Waals surface area contributed by atoms with Crippen molar-refractivity contribution < 1.29 is 28.7 Å². The molecule has 14 nitrogen and oxygen atoms in total. The third kappa shape index (κ3) is 11.9. The standard InChI is InChI=1S/C38H44N8O6.2C2H6/c1-5-17-45(35(47)21-41-37(49)51-3)23-33-39-19-31(43-33)26-13-11-25(12-14-26)27-15-16-30(29-10-8-7-9-28(27)29)32-20-40-34(44-32)24-46(18-6-2)36(48)22-42-38(50)52-4;2*1-2/h7-16,19-20H,5-6,17-18,21-24H2,1-4H3,(H,39,43)(H,40,44)(H,41,49)(H,42,50);2*1-2H3. The number of aromatic amines is 2. The first-order valence-corrected chi connectivity index (χ1v) is 19.1. The van der Waals surface area contributed by atoms with Gasteiger partial charge in [-0.15, -0.1) is 0 Å². The molecule has 4 N–H and O–H groups in total. The number of methoxy groups -OCH3 is 2. The topological polar surface area (TPSA) is 175 Å². The van der Waals surface area contributed by atoms with Crippen molar-refractivity contribution >= 4 is 34.8 Å². The quantitative estimate of drug-likeness (QED) is 0.0846. The maximum Gasteiger partial charge on any atom is 0.407 e. The number of carbonyl (C=O) groups excluding carboxylic acids is 4. The van der Waals surface area contributed by atoms with Gasteiger partial charge in [-0.1, -0.05) is 102 Å². The fourth-order valence-electron chi connectivity index (χ4n) is 5.93. The van der Waals surface area contributed by atoms with Crippen molar-refractivity contribution in [2.24, 2.45) is 0 Å². The third-order valence-corrected chi connectivity index (χ3v) is 8.49. The molecule has 5 rings (SSSR count). The van der Waals surface area contributed by atoms with Crippen molar-refractivity contribution in [1.82, 2.24) is 40.4 Å². The largest absolute Gasteiger partial charge is 0.453 e. The zero-order chi connectivity index (χ0) is 41.0. The van der Waals surface area contributed by atoms with Crippen LogP contribution in [0.3, 0.4) is 0 Å². The molecule has 2 heterocycles. The molecule has 2 aromatic heterocycles. The molecule has 0 spiro atoms. The molecule has 3 aromatic carbocycles. The normalized spacial score (nSPS) is 10.3. The van der Waals surface area contributed by atoms with Crippen LogP contribution in [0.15, 0.2) is 73.1 Å². The smallest absolute Gasteiger partial charge is 0.407 e. The van der Waals surface area contributed by atoms with Crippen molar-refractivity contribution in [1.29, 1.82) is 0 Å². The van der Waals surface area contributed by atoms with Gasteiger partial charge in [0.05, 0.1) is 51.1 Å². The van der Waals surface area contributed by atoms with E-state index in [1.807, 2.05) is 65.8 Å². The lowest BCUT2D eigenvalue weighted by atomic mass is 9.93. The van der Waals surface area contributed by atoms with Crippen LogP contribution in [-0.4, -0.2) is 94.1 Å². The second kappa shape index (κ2) is 22.9. The van der Waals surface area contributed by atoms with Gasteiger partial charge >= 0.3 is 12.2 Å². The van der Waals surface area contributed by atoms with Crippen molar-refractivity contribution in [3.05, 3.63) is 84.7 Å². The summed E-state index contributed by atoms with van der Waals surface area (Å²) in [7, 11) is 2.51. The van der Waals surface area contributed by atoms with Crippen molar-refractivity contribution in [2.75, 3.05) is 40.4 Å². The lowest BCUT2D eigenvalue weighted by molar-refractivity contribution is -0.131. The lowest BCUT2D eigenvalue weighted by Gasteiger charge is -2.21. The molecule has 0 bridgehead atoms. The minimum atomic E-state index is -0.655. The number of amides is 4. The molecule has 0 aliphatic heterocycles. The average molecular weight is 769 g/mol. The predicted octanol–water partition coefficient (Wildman–Crippen LogP) is 7.53. The molecular weight excluding hydrogens is 713 g/mol. The number of benzene rings is 3. The highest BCUT2D eigenvalue weighted by Gasteiger charge is 2.19. The van der Waals surface area contributed by atoms with E-state index in [0.29, 0.717) is 24.7 Å². The summed E-state index contributed by atoms with van der Waals surface area (Å²) >= 11 is 0. The molecule has 4 amide bonds. The molecular formula is C42H56N8O6. The number of hydrogen-bond donors (Lipinski definition) is 4. The van der Waals surface area contributed by atoms with Crippen LogP contribution < -0.4 is 10.6 Å². The molecule has 300 valence electrons. The Morgan fingerprint density at radius 1 is 0.607 bits per heavy atom. The Kier molecular flexibility index (Phi) is 18.1. The Hall–Kier alpha value is -6.18. The van der Waals surface area contributed by atoms with Crippen molar-refractivity contribution in [2.45, 2.75) is 67.5 Å². The number of fused-ring (bicyclic) bond motifs is 1. The molecule has 0 atom stereocenters. The van der Waals surface area contributed by atoms with Crippen LogP contribution in [0.2, 0.25) is 0 Å². The summed E-state index contributed by atoms with van der Waals surface area (Å²) < 4.78 is 9.14.